The number of rotatable bonds is 6. The number of ether oxygens (including phenoxy) is 3. The molecule has 4 rings (SSSR count). The number of carbonyl (C=O) groups excluding carboxylic acids is 3. The Morgan fingerprint density at radius 3 is 1.81 bits per heavy atom. The lowest BCUT2D eigenvalue weighted by molar-refractivity contribution is -0.201. The molecule has 2 aromatic carbocycles. The summed E-state index contributed by atoms with van der Waals surface area (Å²) in [5.74, 6) is -3.81. The van der Waals surface area contributed by atoms with Crippen LogP contribution in [0.3, 0.4) is 0 Å². The fraction of sp³-hybridized carbons (Fsp3) is 0.292. The Kier molecular flexibility index (Phi) is 5.71. The second kappa shape index (κ2) is 8.45. The number of esters is 1. The number of nitrogens with zero attached hydrogens (tertiary/aromatic N) is 1. The van der Waals surface area contributed by atoms with Crippen LogP contribution >= 0.6 is 0 Å². The van der Waals surface area contributed by atoms with E-state index >= 15 is 0 Å². The first-order valence-corrected chi connectivity index (χ1v) is 10.0. The normalized spacial score (nSPS) is 19.1. The molecular weight excluding hydrogens is 398 g/mol. The second-order valence-corrected chi connectivity index (χ2v) is 7.49. The van der Waals surface area contributed by atoms with E-state index in [1.54, 1.807) is 31.2 Å². The largest absolute Gasteiger partial charge is 0.469 e. The minimum atomic E-state index is -1.28. The van der Waals surface area contributed by atoms with Crippen LogP contribution in [0.1, 0.15) is 18.1 Å². The van der Waals surface area contributed by atoms with Crippen LogP contribution in [-0.2, 0) is 28.6 Å². The summed E-state index contributed by atoms with van der Waals surface area (Å²) in [6.45, 7) is 2.03. The lowest BCUT2D eigenvalue weighted by Crippen LogP contribution is -2.49. The molecule has 2 aliphatic rings. The standard InChI is InChI=1S/C24H23NO6/c1-24(30-13-14-31-24)18(23(28)29-2)15-25-21(26)19(16-9-5-3-6-10-16)20(22(25)27)17-11-7-4-8-12-17/h3-12,18H,13-15H2,1-2H3. The van der Waals surface area contributed by atoms with Crippen molar-refractivity contribution in [3.05, 3.63) is 71.8 Å². The van der Waals surface area contributed by atoms with E-state index in [2.05, 4.69) is 0 Å². The van der Waals surface area contributed by atoms with Crippen molar-refractivity contribution in [1.29, 1.82) is 0 Å². The van der Waals surface area contributed by atoms with Gasteiger partial charge in [-0.1, -0.05) is 60.7 Å². The zero-order valence-electron chi connectivity index (χ0n) is 17.4. The molecule has 0 N–H and O–H groups in total. The van der Waals surface area contributed by atoms with Crippen LogP contribution in [0, 0.1) is 5.92 Å². The molecule has 0 saturated carbocycles. The van der Waals surface area contributed by atoms with Gasteiger partial charge in [-0.15, -0.1) is 0 Å². The highest BCUT2D eigenvalue weighted by Gasteiger charge is 2.49. The van der Waals surface area contributed by atoms with Gasteiger partial charge in [-0.3, -0.25) is 19.3 Å². The number of methoxy groups -OCH3 is 1. The quantitative estimate of drug-likeness (QED) is 0.527. The SMILES string of the molecule is COC(=O)C(CN1C(=O)C(c2ccccc2)=C(c2ccccc2)C1=O)C1(C)OCCO1. The van der Waals surface area contributed by atoms with Crippen molar-refractivity contribution in [1.82, 2.24) is 4.90 Å². The van der Waals surface area contributed by atoms with E-state index in [-0.39, 0.29) is 6.54 Å². The van der Waals surface area contributed by atoms with Crippen molar-refractivity contribution < 1.29 is 28.6 Å². The Balaban J connectivity index is 1.75. The minimum absolute atomic E-state index is 0.215. The Morgan fingerprint density at radius 2 is 1.39 bits per heavy atom. The number of amides is 2. The average molecular weight is 421 g/mol. The predicted molar refractivity (Wildman–Crippen MR) is 112 cm³/mol. The third kappa shape index (κ3) is 3.78. The topological polar surface area (TPSA) is 82.1 Å². The Labute approximate surface area is 180 Å². The van der Waals surface area contributed by atoms with Crippen molar-refractivity contribution in [2.45, 2.75) is 12.7 Å². The van der Waals surface area contributed by atoms with E-state index in [9.17, 15) is 14.4 Å². The van der Waals surface area contributed by atoms with Crippen LogP contribution in [-0.4, -0.2) is 55.3 Å². The van der Waals surface area contributed by atoms with E-state index in [1.807, 2.05) is 36.4 Å². The van der Waals surface area contributed by atoms with Crippen LogP contribution in [0.4, 0.5) is 0 Å². The molecule has 31 heavy (non-hydrogen) atoms. The van der Waals surface area contributed by atoms with Gasteiger partial charge in [0.25, 0.3) is 11.8 Å². The van der Waals surface area contributed by atoms with Crippen LogP contribution in [0.25, 0.3) is 11.1 Å². The van der Waals surface area contributed by atoms with Crippen LogP contribution < -0.4 is 0 Å². The highest BCUT2D eigenvalue weighted by atomic mass is 16.7. The fourth-order valence-electron chi connectivity index (χ4n) is 4.00. The summed E-state index contributed by atoms with van der Waals surface area (Å²) in [5, 5.41) is 0. The maximum absolute atomic E-state index is 13.5. The molecule has 7 heteroatoms. The summed E-state index contributed by atoms with van der Waals surface area (Å²) in [6, 6.07) is 18.1. The molecule has 1 atom stereocenters. The number of benzene rings is 2. The number of hydrogen-bond donors (Lipinski definition) is 0. The van der Waals surface area contributed by atoms with Gasteiger partial charge in [0.05, 0.1) is 31.5 Å². The summed E-state index contributed by atoms with van der Waals surface area (Å²) in [7, 11) is 1.25. The Hall–Kier alpha value is -3.29. The van der Waals surface area contributed by atoms with Crippen LogP contribution in [0.5, 0.6) is 0 Å². The predicted octanol–water partition coefficient (Wildman–Crippen LogP) is 2.52. The van der Waals surface area contributed by atoms with E-state index in [0.29, 0.717) is 35.5 Å². The number of hydrogen-bond acceptors (Lipinski definition) is 6. The molecule has 2 heterocycles. The first kappa shape index (κ1) is 21.0. The molecule has 0 bridgehead atoms. The summed E-state index contributed by atoms with van der Waals surface area (Å²) in [5.41, 5.74) is 1.88. The van der Waals surface area contributed by atoms with Gasteiger partial charge in [0.1, 0.15) is 5.92 Å². The molecule has 2 aromatic rings. The maximum Gasteiger partial charge on any atom is 0.315 e. The van der Waals surface area contributed by atoms with Gasteiger partial charge >= 0.3 is 5.97 Å². The number of imide groups is 1. The first-order chi connectivity index (χ1) is 15.0. The molecule has 160 valence electrons. The van der Waals surface area contributed by atoms with Crippen molar-refractivity contribution in [2.75, 3.05) is 26.9 Å². The zero-order chi connectivity index (χ0) is 22.0. The highest BCUT2D eigenvalue weighted by molar-refractivity contribution is 6.49. The van der Waals surface area contributed by atoms with Crippen molar-refractivity contribution in [3.63, 3.8) is 0 Å². The van der Waals surface area contributed by atoms with Crippen LogP contribution in [0.2, 0.25) is 0 Å². The van der Waals surface area contributed by atoms with Gasteiger partial charge in [0.15, 0.2) is 5.79 Å². The highest BCUT2D eigenvalue weighted by Crippen LogP contribution is 2.38. The third-order valence-electron chi connectivity index (χ3n) is 5.64. The molecule has 1 unspecified atom stereocenters. The van der Waals surface area contributed by atoms with Gasteiger partial charge in [-0.05, 0) is 18.1 Å². The second-order valence-electron chi connectivity index (χ2n) is 7.49. The molecule has 1 saturated heterocycles. The molecule has 0 aliphatic carbocycles. The van der Waals surface area contributed by atoms with Crippen molar-refractivity contribution in [3.8, 4) is 0 Å². The van der Waals surface area contributed by atoms with Gasteiger partial charge in [-0.25, -0.2) is 0 Å². The zero-order valence-corrected chi connectivity index (χ0v) is 17.4. The van der Waals surface area contributed by atoms with E-state index in [1.165, 1.54) is 7.11 Å². The van der Waals surface area contributed by atoms with Crippen molar-refractivity contribution in [2.24, 2.45) is 5.92 Å². The average Bonchev–Trinajstić information content (AvgIpc) is 3.34. The number of carbonyl (C=O) groups is 3. The third-order valence-corrected chi connectivity index (χ3v) is 5.64. The maximum atomic E-state index is 13.5. The lowest BCUT2D eigenvalue weighted by atomic mass is 9.96. The monoisotopic (exact) mass is 421 g/mol. The molecule has 7 nitrogen and oxygen atoms in total. The van der Waals surface area contributed by atoms with Crippen molar-refractivity contribution >= 4 is 28.9 Å². The first-order valence-electron chi connectivity index (χ1n) is 10.0. The summed E-state index contributed by atoms with van der Waals surface area (Å²) in [6.07, 6.45) is 0. The van der Waals surface area contributed by atoms with E-state index < -0.39 is 29.5 Å². The van der Waals surface area contributed by atoms with Crippen LogP contribution in [0.15, 0.2) is 60.7 Å². The lowest BCUT2D eigenvalue weighted by Gasteiger charge is -2.32. The molecule has 0 radical (unpaired) electrons. The summed E-state index contributed by atoms with van der Waals surface area (Å²) >= 11 is 0. The molecule has 2 amide bonds. The summed E-state index contributed by atoms with van der Waals surface area (Å²) < 4.78 is 16.2. The Morgan fingerprint density at radius 1 is 0.935 bits per heavy atom. The molecule has 0 aromatic heterocycles. The van der Waals surface area contributed by atoms with Gasteiger partial charge in [-0.2, -0.15) is 0 Å². The fourth-order valence-corrected chi connectivity index (χ4v) is 4.00. The van der Waals surface area contributed by atoms with Gasteiger partial charge < -0.3 is 14.2 Å². The molecule has 1 fully saturated rings. The molecule has 0 spiro atoms. The minimum Gasteiger partial charge on any atom is -0.469 e. The molecular formula is C24H23NO6. The molecule has 2 aliphatic heterocycles. The smallest absolute Gasteiger partial charge is 0.315 e. The van der Waals surface area contributed by atoms with E-state index in [0.717, 1.165) is 4.90 Å². The summed E-state index contributed by atoms with van der Waals surface area (Å²) in [4.78, 5) is 40.6. The van der Waals surface area contributed by atoms with Gasteiger partial charge in [0, 0.05) is 6.54 Å². The van der Waals surface area contributed by atoms with Gasteiger partial charge in [0.2, 0.25) is 0 Å². The van der Waals surface area contributed by atoms with E-state index in [4.69, 9.17) is 14.2 Å². The Bertz CT molecular complexity index is 963.